The second-order valence-corrected chi connectivity index (χ2v) is 7.26. The van der Waals surface area contributed by atoms with E-state index >= 15 is 0 Å². The zero-order valence-corrected chi connectivity index (χ0v) is 15.5. The van der Waals surface area contributed by atoms with Crippen LogP contribution >= 0.6 is 22.9 Å². The molecule has 0 saturated carbocycles. The highest BCUT2D eigenvalue weighted by Crippen LogP contribution is 2.37. The van der Waals surface area contributed by atoms with Crippen LogP contribution in [0, 0.1) is 15.9 Å². The van der Waals surface area contributed by atoms with Crippen LogP contribution in [0.5, 0.6) is 0 Å². The number of non-ortho nitro benzene ring substituents is 1. The Hall–Kier alpha value is -2.51. The van der Waals surface area contributed by atoms with Crippen molar-refractivity contribution in [1.82, 2.24) is 4.90 Å². The fraction of sp³-hybridized carbons (Fsp3) is 0.167. The van der Waals surface area contributed by atoms with Gasteiger partial charge in [0.05, 0.1) is 16.0 Å². The van der Waals surface area contributed by atoms with Crippen molar-refractivity contribution in [3.8, 4) is 0 Å². The minimum atomic E-state index is -0.477. The number of fused-ring (bicyclic) bond motifs is 1. The number of nitro groups is 1. The van der Waals surface area contributed by atoms with E-state index in [2.05, 4.69) is 0 Å². The molecule has 0 aliphatic rings. The molecule has 0 radical (unpaired) electrons. The summed E-state index contributed by atoms with van der Waals surface area (Å²) in [5, 5.41) is 11.9. The molecule has 0 fully saturated rings. The summed E-state index contributed by atoms with van der Waals surface area (Å²) in [6.07, 6.45) is 0. The predicted octanol–water partition coefficient (Wildman–Crippen LogP) is 5.44. The van der Waals surface area contributed by atoms with Crippen LogP contribution < -0.4 is 0 Å². The number of benzene rings is 2. The molecule has 134 valence electrons. The number of thiophene rings is 1. The topological polar surface area (TPSA) is 63.5 Å². The van der Waals surface area contributed by atoms with E-state index in [4.69, 9.17) is 11.6 Å². The van der Waals surface area contributed by atoms with Crippen molar-refractivity contribution in [3.63, 3.8) is 0 Å². The van der Waals surface area contributed by atoms with Gasteiger partial charge in [-0.15, -0.1) is 11.3 Å². The van der Waals surface area contributed by atoms with Crippen LogP contribution in [0.1, 0.15) is 28.2 Å². The quantitative estimate of drug-likeness (QED) is 0.439. The summed E-state index contributed by atoms with van der Waals surface area (Å²) in [6, 6.07) is 9.93. The third-order valence-corrected chi connectivity index (χ3v) is 5.90. The molecule has 1 amide bonds. The highest BCUT2D eigenvalue weighted by Gasteiger charge is 2.25. The SMILES string of the molecule is CC(c1cccc([N+](=O)[O-])c1)N(C)C(=O)c1sc2cc(F)ccc2c1Cl. The van der Waals surface area contributed by atoms with Crippen LogP contribution in [-0.4, -0.2) is 22.8 Å². The number of carbonyl (C=O) groups is 1. The molecule has 5 nitrogen and oxygen atoms in total. The molecule has 1 aromatic heterocycles. The van der Waals surface area contributed by atoms with E-state index in [0.717, 1.165) is 11.3 Å². The van der Waals surface area contributed by atoms with Gasteiger partial charge in [0.1, 0.15) is 10.7 Å². The summed E-state index contributed by atoms with van der Waals surface area (Å²) in [4.78, 5) is 25.1. The number of hydrogen-bond acceptors (Lipinski definition) is 4. The van der Waals surface area contributed by atoms with Gasteiger partial charge in [-0.05, 0) is 30.7 Å². The Morgan fingerprint density at radius 2 is 2.04 bits per heavy atom. The van der Waals surface area contributed by atoms with E-state index in [9.17, 15) is 19.3 Å². The van der Waals surface area contributed by atoms with Gasteiger partial charge >= 0.3 is 0 Å². The number of nitrogens with zero attached hydrogens (tertiary/aromatic N) is 2. The zero-order chi connectivity index (χ0) is 19.0. The van der Waals surface area contributed by atoms with Gasteiger partial charge in [-0.2, -0.15) is 0 Å². The highest BCUT2D eigenvalue weighted by molar-refractivity contribution is 7.21. The lowest BCUT2D eigenvalue weighted by Crippen LogP contribution is -2.29. The second kappa shape index (κ2) is 7.01. The average Bonchev–Trinajstić information content (AvgIpc) is 2.95. The van der Waals surface area contributed by atoms with Crippen molar-refractivity contribution in [1.29, 1.82) is 0 Å². The predicted molar refractivity (Wildman–Crippen MR) is 100 cm³/mol. The monoisotopic (exact) mass is 392 g/mol. The van der Waals surface area contributed by atoms with E-state index in [1.54, 1.807) is 32.2 Å². The molecule has 0 bridgehead atoms. The van der Waals surface area contributed by atoms with Crippen LogP contribution in [0.15, 0.2) is 42.5 Å². The van der Waals surface area contributed by atoms with E-state index in [0.29, 0.717) is 20.5 Å². The third-order valence-electron chi connectivity index (χ3n) is 4.25. The lowest BCUT2D eigenvalue weighted by molar-refractivity contribution is -0.384. The average molecular weight is 393 g/mol. The van der Waals surface area contributed by atoms with E-state index < -0.39 is 16.8 Å². The number of halogens is 2. The number of carbonyl (C=O) groups excluding carboxylic acids is 1. The first-order chi connectivity index (χ1) is 12.3. The second-order valence-electron chi connectivity index (χ2n) is 5.83. The van der Waals surface area contributed by atoms with Crippen molar-refractivity contribution in [2.24, 2.45) is 0 Å². The van der Waals surface area contributed by atoms with Crippen LogP contribution in [0.25, 0.3) is 10.1 Å². The first-order valence-corrected chi connectivity index (χ1v) is 8.88. The molecule has 8 heteroatoms. The summed E-state index contributed by atoms with van der Waals surface area (Å²) in [5.41, 5.74) is 0.601. The smallest absolute Gasteiger partial charge is 0.269 e. The normalized spacial score (nSPS) is 12.2. The minimum absolute atomic E-state index is 0.0365. The fourth-order valence-electron chi connectivity index (χ4n) is 2.63. The molecular weight excluding hydrogens is 379 g/mol. The first-order valence-electron chi connectivity index (χ1n) is 7.68. The minimum Gasteiger partial charge on any atom is -0.334 e. The maximum absolute atomic E-state index is 13.4. The maximum Gasteiger partial charge on any atom is 0.269 e. The summed E-state index contributed by atoms with van der Waals surface area (Å²) in [6.45, 7) is 1.78. The van der Waals surface area contributed by atoms with Crippen molar-refractivity contribution in [3.05, 3.63) is 73.9 Å². The van der Waals surface area contributed by atoms with Gasteiger partial charge in [0.25, 0.3) is 11.6 Å². The Kier molecular flexibility index (Phi) is 4.93. The number of nitro benzene ring substituents is 1. The Labute approximate surface area is 157 Å². The highest BCUT2D eigenvalue weighted by atomic mass is 35.5. The molecule has 0 saturated heterocycles. The lowest BCUT2D eigenvalue weighted by Gasteiger charge is -2.25. The molecular formula is C18H14ClFN2O3S. The van der Waals surface area contributed by atoms with Crippen LogP contribution in [0.2, 0.25) is 5.02 Å². The third kappa shape index (κ3) is 3.27. The van der Waals surface area contributed by atoms with E-state index in [-0.39, 0.29) is 16.6 Å². The molecule has 3 rings (SSSR count). The summed E-state index contributed by atoms with van der Waals surface area (Å²) in [7, 11) is 1.60. The van der Waals surface area contributed by atoms with Crippen molar-refractivity contribution >= 4 is 44.6 Å². The number of rotatable bonds is 4. The van der Waals surface area contributed by atoms with Gasteiger partial charge in [0.15, 0.2) is 0 Å². The van der Waals surface area contributed by atoms with Gasteiger partial charge in [0, 0.05) is 29.3 Å². The van der Waals surface area contributed by atoms with Crippen molar-refractivity contribution < 1.29 is 14.1 Å². The van der Waals surface area contributed by atoms with Crippen LogP contribution in [0.3, 0.4) is 0 Å². The Balaban J connectivity index is 1.93. The molecule has 26 heavy (non-hydrogen) atoms. The molecule has 0 N–H and O–H groups in total. The van der Waals surface area contributed by atoms with Gasteiger partial charge in [0.2, 0.25) is 0 Å². The molecule has 1 heterocycles. The molecule has 3 aromatic rings. The van der Waals surface area contributed by atoms with Crippen LogP contribution in [-0.2, 0) is 0 Å². The van der Waals surface area contributed by atoms with Gasteiger partial charge in [-0.25, -0.2) is 4.39 Å². The largest absolute Gasteiger partial charge is 0.334 e. The molecule has 0 aliphatic heterocycles. The van der Waals surface area contributed by atoms with Crippen molar-refractivity contribution in [2.45, 2.75) is 13.0 Å². The van der Waals surface area contributed by atoms with Crippen molar-refractivity contribution in [2.75, 3.05) is 7.05 Å². The molecule has 1 unspecified atom stereocenters. The van der Waals surface area contributed by atoms with Gasteiger partial charge in [-0.3, -0.25) is 14.9 Å². The van der Waals surface area contributed by atoms with Gasteiger partial charge < -0.3 is 4.90 Å². The summed E-state index contributed by atoms with van der Waals surface area (Å²) < 4.78 is 14.0. The molecule has 1 atom stereocenters. The number of amides is 1. The summed E-state index contributed by atoms with van der Waals surface area (Å²) in [5.74, 6) is -0.719. The Morgan fingerprint density at radius 3 is 2.73 bits per heavy atom. The molecule has 0 spiro atoms. The van der Waals surface area contributed by atoms with Gasteiger partial charge in [-0.1, -0.05) is 23.7 Å². The van der Waals surface area contributed by atoms with Crippen LogP contribution in [0.4, 0.5) is 10.1 Å². The summed E-state index contributed by atoms with van der Waals surface area (Å²) >= 11 is 7.44. The zero-order valence-electron chi connectivity index (χ0n) is 13.9. The van der Waals surface area contributed by atoms with E-state index in [1.165, 1.54) is 29.2 Å². The Morgan fingerprint density at radius 1 is 1.31 bits per heavy atom. The standard InChI is InChI=1S/C18H14ClFN2O3S/c1-10(11-4-3-5-13(8-11)22(24)25)21(2)18(23)17-16(19)14-7-6-12(20)9-15(14)26-17/h3-10H,1-2H3. The number of hydrogen-bond donors (Lipinski definition) is 0. The maximum atomic E-state index is 13.4. The van der Waals surface area contributed by atoms with E-state index in [1.807, 2.05) is 0 Å². The lowest BCUT2D eigenvalue weighted by atomic mass is 10.1. The Bertz CT molecular complexity index is 1020. The first kappa shape index (κ1) is 18.3. The fourth-order valence-corrected chi connectivity index (χ4v) is 4.15. The molecule has 2 aromatic carbocycles. The molecule has 0 aliphatic carbocycles.